The number of H-pyrrole nitrogens is 2. The number of aliphatic carboxylic acids is 2. The summed E-state index contributed by atoms with van der Waals surface area (Å²) in [5, 5.41) is 24.1. The number of carbonyl (C=O) groups is 5. The number of benzene rings is 1. The van der Waals surface area contributed by atoms with Crippen LogP contribution in [0.5, 0.6) is 0 Å². The first-order valence-electron chi connectivity index (χ1n) is 12.8. The van der Waals surface area contributed by atoms with E-state index < -0.39 is 60.2 Å². The number of imidazole rings is 1. The largest absolute Gasteiger partial charge is 0.481 e. The third-order valence-electron chi connectivity index (χ3n) is 6.88. The Kier molecular flexibility index (Phi) is 8.79. The van der Waals surface area contributed by atoms with Crippen molar-refractivity contribution >= 4 is 40.6 Å². The van der Waals surface area contributed by atoms with Crippen molar-refractivity contribution in [2.24, 2.45) is 5.73 Å². The monoisotopic (exact) mass is 553 g/mol. The molecule has 14 nitrogen and oxygen atoms in total. The van der Waals surface area contributed by atoms with Crippen LogP contribution in [0.1, 0.15) is 30.5 Å². The van der Waals surface area contributed by atoms with Gasteiger partial charge in [0.15, 0.2) is 0 Å². The predicted octanol–water partition coefficient (Wildman–Crippen LogP) is -0.477. The summed E-state index contributed by atoms with van der Waals surface area (Å²) >= 11 is 0. The van der Waals surface area contributed by atoms with Crippen molar-refractivity contribution in [3.63, 3.8) is 0 Å². The summed E-state index contributed by atoms with van der Waals surface area (Å²) in [6, 6.07) is 2.90. The van der Waals surface area contributed by atoms with Gasteiger partial charge in [-0.2, -0.15) is 0 Å². The fraction of sp³-hybridized carbons (Fsp3) is 0.385. The predicted molar refractivity (Wildman–Crippen MR) is 141 cm³/mol. The van der Waals surface area contributed by atoms with E-state index in [1.807, 2.05) is 24.3 Å². The van der Waals surface area contributed by atoms with Gasteiger partial charge in [0.05, 0.1) is 18.8 Å². The summed E-state index contributed by atoms with van der Waals surface area (Å²) in [4.78, 5) is 73.4. The van der Waals surface area contributed by atoms with E-state index in [4.69, 9.17) is 10.8 Å². The molecule has 0 saturated carbocycles. The second-order valence-electron chi connectivity index (χ2n) is 9.70. The van der Waals surface area contributed by atoms with Gasteiger partial charge < -0.3 is 41.4 Å². The van der Waals surface area contributed by atoms with Crippen LogP contribution in [0.3, 0.4) is 0 Å². The Morgan fingerprint density at radius 1 is 1.07 bits per heavy atom. The number of amides is 3. The van der Waals surface area contributed by atoms with Crippen molar-refractivity contribution in [2.45, 2.75) is 56.3 Å². The van der Waals surface area contributed by atoms with Gasteiger partial charge in [0.2, 0.25) is 17.7 Å². The van der Waals surface area contributed by atoms with Gasteiger partial charge in [-0.15, -0.1) is 0 Å². The van der Waals surface area contributed by atoms with E-state index in [0.29, 0.717) is 25.1 Å². The Labute approximate surface area is 228 Å². The van der Waals surface area contributed by atoms with E-state index in [0.717, 1.165) is 16.5 Å². The molecule has 1 saturated heterocycles. The lowest BCUT2D eigenvalue weighted by atomic mass is 10.0. The Balaban J connectivity index is 1.45. The van der Waals surface area contributed by atoms with Crippen LogP contribution in [0.25, 0.3) is 10.9 Å². The van der Waals surface area contributed by atoms with Crippen molar-refractivity contribution in [3.8, 4) is 0 Å². The summed E-state index contributed by atoms with van der Waals surface area (Å²) in [6.07, 6.45) is 4.88. The number of nitrogens with one attached hydrogen (secondary N) is 4. The second kappa shape index (κ2) is 12.4. The van der Waals surface area contributed by atoms with Crippen molar-refractivity contribution in [2.75, 3.05) is 6.54 Å². The highest BCUT2D eigenvalue weighted by Gasteiger charge is 2.38. The number of carboxylic acids is 2. The first-order chi connectivity index (χ1) is 19.1. The van der Waals surface area contributed by atoms with Crippen molar-refractivity contribution < 1.29 is 34.2 Å². The molecule has 0 aliphatic carbocycles. The summed E-state index contributed by atoms with van der Waals surface area (Å²) in [6.45, 7) is 0.315. The number of nitrogens with zero attached hydrogens (tertiary/aromatic N) is 2. The third kappa shape index (κ3) is 6.64. The molecule has 14 heteroatoms. The van der Waals surface area contributed by atoms with Gasteiger partial charge in [-0.05, 0) is 30.9 Å². The van der Waals surface area contributed by atoms with E-state index in [2.05, 4.69) is 25.6 Å². The number of aromatic amines is 2. The molecule has 1 aliphatic heterocycles. The summed E-state index contributed by atoms with van der Waals surface area (Å²) in [5.74, 6) is -4.83. The number of hydrogen-bond acceptors (Lipinski definition) is 7. The fourth-order valence-electron chi connectivity index (χ4n) is 4.88. The molecule has 1 aromatic carbocycles. The van der Waals surface area contributed by atoms with Gasteiger partial charge in [0, 0.05) is 42.0 Å². The van der Waals surface area contributed by atoms with Crippen LogP contribution in [0.2, 0.25) is 0 Å². The van der Waals surface area contributed by atoms with Gasteiger partial charge in [0.1, 0.15) is 18.1 Å². The van der Waals surface area contributed by atoms with E-state index >= 15 is 0 Å². The third-order valence-corrected chi connectivity index (χ3v) is 6.88. The number of fused-ring (bicyclic) bond motifs is 1. The lowest BCUT2D eigenvalue weighted by molar-refractivity contribution is -0.147. The van der Waals surface area contributed by atoms with Gasteiger partial charge in [0.25, 0.3) is 0 Å². The number of aromatic nitrogens is 3. The molecule has 0 radical (unpaired) electrons. The molecule has 1 aliphatic rings. The van der Waals surface area contributed by atoms with Crippen molar-refractivity contribution in [1.29, 1.82) is 0 Å². The average molecular weight is 554 g/mol. The molecule has 4 atom stereocenters. The lowest BCUT2D eigenvalue weighted by Gasteiger charge is -2.28. The molecule has 3 amide bonds. The molecule has 212 valence electrons. The number of carbonyl (C=O) groups excluding carboxylic acids is 3. The molecular formula is C26H31N7O7. The van der Waals surface area contributed by atoms with Gasteiger partial charge >= 0.3 is 11.9 Å². The molecule has 0 bridgehead atoms. The zero-order chi connectivity index (χ0) is 28.8. The second-order valence-corrected chi connectivity index (χ2v) is 9.70. The first-order valence-corrected chi connectivity index (χ1v) is 12.8. The number of rotatable bonds is 12. The molecule has 0 spiro atoms. The molecule has 3 heterocycles. The molecule has 3 aromatic rings. The Morgan fingerprint density at radius 3 is 2.55 bits per heavy atom. The summed E-state index contributed by atoms with van der Waals surface area (Å²) in [7, 11) is 0. The zero-order valence-electron chi connectivity index (χ0n) is 21.5. The average Bonchev–Trinajstić information content (AvgIpc) is 3.69. The van der Waals surface area contributed by atoms with E-state index in [9.17, 15) is 29.1 Å². The normalized spacial score (nSPS) is 17.2. The molecule has 2 aromatic heterocycles. The van der Waals surface area contributed by atoms with Gasteiger partial charge in [-0.3, -0.25) is 19.2 Å². The molecule has 4 rings (SSSR count). The fourth-order valence-corrected chi connectivity index (χ4v) is 4.88. The van der Waals surface area contributed by atoms with Crippen LogP contribution < -0.4 is 16.4 Å². The van der Waals surface area contributed by atoms with Crippen LogP contribution in [0.4, 0.5) is 0 Å². The number of nitrogens with two attached hydrogens (primary N) is 1. The van der Waals surface area contributed by atoms with Crippen LogP contribution in [-0.2, 0) is 36.8 Å². The number of carboxylic acid groups (broad SMARTS) is 2. The van der Waals surface area contributed by atoms with Crippen LogP contribution in [0.15, 0.2) is 43.0 Å². The number of hydrogen-bond donors (Lipinski definition) is 7. The molecule has 8 N–H and O–H groups in total. The molecule has 4 unspecified atom stereocenters. The van der Waals surface area contributed by atoms with E-state index in [1.54, 1.807) is 6.20 Å². The maximum atomic E-state index is 13.3. The smallest absolute Gasteiger partial charge is 0.326 e. The Morgan fingerprint density at radius 2 is 1.85 bits per heavy atom. The SMILES string of the molecule is NC(Cc1c[nH]c2ccccc12)C(=O)N1CCCC1C(=O)NC(Cc1cnc[nH]1)C(=O)NC(CC(=O)O)C(=O)O. The minimum Gasteiger partial charge on any atom is -0.481 e. The van der Waals surface area contributed by atoms with Gasteiger partial charge in [-0.25, -0.2) is 9.78 Å². The minimum absolute atomic E-state index is 0.0717. The zero-order valence-corrected chi connectivity index (χ0v) is 21.5. The highest BCUT2D eigenvalue weighted by molar-refractivity contribution is 5.95. The number of likely N-dealkylation sites (tertiary alicyclic amines) is 1. The van der Waals surface area contributed by atoms with E-state index in [-0.39, 0.29) is 12.8 Å². The van der Waals surface area contributed by atoms with Crippen LogP contribution in [-0.4, -0.2) is 90.4 Å². The van der Waals surface area contributed by atoms with Gasteiger partial charge in [-0.1, -0.05) is 18.2 Å². The minimum atomic E-state index is -1.70. The Bertz CT molecular complexity index is 1390. The first kappa shape index (κ1) is 28.3. The van der Waals surface area contributed by atoms with Crippen LogP contribution >= 0.6 is 0 Å². The maximum Gasteiger partial charge on any atom is 0.326 e. The molecule has 1 fully saturated rings. The van der Waals surface area contributed by atoms with Crippen LogP contribution in [0, 0.1) is 0 Å². The lowest BCUT2D eigenvalue weighted by Crippen LogP contribution is -2.57. The summed E-state index contributed by atoms with van der Waals surface area (Å²) in [5.41, 5.74) is 8.57. The summed E-state index contributed by atoms with van der Waals surface area (Å²) < 4.78 is 0. The number of para-hydroxylation sites is 1. The standard InChI is InChI=1S/C26H31N7O7/c27-17(8-14-11-29-18-5-2-1-4-16(14)18)25(38)33-7-3-6-21(33)24(37)31-19(9-15-12-28-13-30-15)23(36)32-20(26(39)40)10-22(34)35/h1-2,4-5,11-13,17,19-21,29H,3,6-10,27H2,(H,28,30)(H,31,37)(H,32,36)(H,34,35)(H,39,40). The quantitative estimate of drug-likeness (QED) is 0.154. The highest BCUT2D eigenvalue weighted by Crippen LogP contribution is 2.22. The highest BCUT2D eigenvalue weighted by atomic mass is 16.4. The Hall–Kier alpha value is -4.72. The molecular weight excluding hydrogens is 522 g/mol. The maximum absolute atomic E-state index is 13.3. The van der Waals surface area contributed by atoms with Crippen molar-refractivity contribution in [3.05, 3.63) is 54.2 Å². The van der Waals surface area contributed by atoms with Crippen molar-refractivity contribution in [1.82, 2.24) is 30.5 Å². The molecule has 40 heavy (non-hydrogen) atoms. The van der Waals surface area contributed by atoms with E-state index in [1.165, 1.54) is 17.4 Å². The topological polar surface area (TPSA) is 224 Å².